The van der Waals surface area contributed by atoms with E-state index in [1.165, 1.54) is 12.4 Å². The highest BCUT2D eigenvalue weighted by Gasteiger charge is 2.17. The predicted molar refractivity (Wildman–Crippen MR) is 33.7 cm³/mol. The van der Waals surface area contributed by atoms with Gasteiger partial charge >= 0.3 is 0 Å². The minimum Gasteiger partial charge on any atom is -0.343 e. The summed E-state index contributed by atoms with van der Waals surface area (Å²) in [4.78, 5) is 15.9. The zero-order valence-electron chi connectivity index (χ0n) is 5.15. The lowest BCUT2D eigenvalue weighted by atomic mass is 10.3. The average Bonchev–Trinajstić information content (AvgIpc) is 2.36. The van der Waals surface area contributed by atoms with Gasteiger partial charge in [-0.1, -0.05) is 0 Å². The first-order chi connectivity index (χ1) is 4.72. The summed E-state index contributed by atoms with van der Waals surface area (Å²) in [5.74, 6) is 0.282. The van der Waals surface area contributed by atoms with Crippen molar-refractivity contribution in [2.75, 3.05) is 0 Å². The lowest BCUT2D eigenvalue weighted by molar-refractivity contribution is -0.517. The molecule has 1 N–H and O–H groups in total. The molecule has 10 heavy (non-hydrogen) atoms. The van der Waals surface area contributed by atoms with Crippen LogP contribution in [0, 0.1) is 17.0 Å². The van der Waals surface area contributed by atoms with Crippen LogP contribution in [0.4, 0.5) is 0 Å². The minimum atomic E-state index is -0.991. The van der Waals surface area contributed by atoms with Gasteiger partial charge in [0.2, 0.25) is 0 Å². The molecule has 5 heteroatoms. The molecular weight excluding hydrogens is 134 g/mol. The third-order valence-electron chi connectivity index (χ3n) is 1.09. The molecule has 0 aromatic carbocycles. The molecule has 1 aromatic rings. The van der Waals surface area contributed by atoms with Gasteiger partial charge in [0.15, 0.2) is 5.82 Å². The molecule has 0 spiro atoms. The van der Waals surface area contributed by atoms with E-state index in [1.807, 2.05) is 0 Å². The van der Waals surface area contributed by atoms with Crippen molar-refractivity contribution >= 4 is 0 Å². The Bertz CT molecular complexity index is 219. The molecule has 0 saturated carbocycles. The molecular formula is C5H6N3O2. The highest BCUT2D eigenvalue weighted by molar-refractivity contribution is 4.92. The molecule has 1 unspecified atom stereocenters. The van der Waals surface area contributed by atoms with Crippen LogP contribution in [-0.2, 0) is 0 Å². The van der Waals surface area contributed by atoms with E-state index in [0.29, 0.717) is 0 Å². The van der Waals surface area contributed by atoms with Crippen LogP contribution in [0.1, 0.15) is 11.9 Å². The van der Waals surface area contributed by atoms with Gasteiger partial charge < -0.3 is 4.98 Å². The van der Waals surface area contributed by atoms with Crippen molar-refractivity contribution in [3.8, 4) is 0 Å². The number of hydrogen-bond donors (Lipinski definition) is 1. The van der Waals surface area contributed by atoms with E-state index in [1.54, 1.807) is 0 Å². The van der Waals surface area contributed by atoms with Crippen molar-refractivity contribution in [1.29, 1.82) is 0 Å². The van der Waals surface area contributed by atoms with Gasteiger partial charge in [0.25, 0.3) is 6.04 Å². The Kier molecular flexibility index (Phi) is 1.66. The first-order valence-electron chi connectivity index (χ1n) is 2.67. The summed E-state index contributed by atoms with van der Waals surface area (Å²) in [6.07, 6.45) is 2.98. The van der Waals surface area contributed by atoms with Gasteiger partial charge in [0, 0.05) is 24.2 Å². The first kappa shape index (κ1) is 6.73. The fourth-order valence-electron chi connectivity index (χ4n) is 0.560. The molecule has 1 aromatic heterocycles. The molecule has 0 saturated heterocycles. The highest BCUT2D eigenvalue weighted by Crippen LogP contribution is 2.07. The van der Waals surface area contributed by atoms with Crippen molar-refractivity contribution in [2.45, 2.75) is 6.04 Å². The molecule has 1 heterocycles. The molecule has 0 bridgehead atoms. The molecule has 0 aliphatic carbocycles. The number of nitrogens with one attached hydrogen (secondary N) is 1. The fourth-order valence-corrected chi connectivity index (χ4v) is 0.560. The lowest BCUT2D eigenvalue weighted by Crippen LogP contribution is -2.07. The Labute approximate surface area is 57.2 Å². The summed E-state index contributed by atoms with van der Waals surface area (Å²) in [6, 6.07) is -0.991. The molecule has 53 valence electrons. The Morgan fingerprint density at radius 2 is 2.60 bits per heavy atom. The van der Waals surface area contributed by atoms with Crippen LogP contribution in [0.25, 0.3) is 0 Å². The highest BCUT2D eigenvalue weighted by atomic mass is 16.6. The number of aromatic nitrogens is 2. The van der Waals surface area contributed by atoms with E-state index in [9.17, 15) is 10.1 Å². The topological polar surface area (TPSA) is 71.8 Å². The van der Waals surface area contributed by atoms with E-state index < -0.39 is 11.0 Å². The summed E-state index contributed by atoms with van der Waals surface area (Å²) in [5, 5.41) is 10.1. The minimum absolute atomic E-state index is 0.282. The summed E-state index contributed by atoms with van der Waals surface area (Å²) >= 11 is 0. The summed E-state index contributed by atoms with van der Waals surface area (Å²) in [6.45, 7) is 3.29. The number of H-pyrrole nitrogens is 1. The van der Waals surface area contributed by atoms with Gasteiger partial charge in [-0.2, -0.15) is 0 Å². The molecule has 0 aliphatic rings. The first-order valence-corrected chi connectivity index (χ1v) is 2.67. The molecule has 0 amide bonds. The van der Waals surface area contributed by atoms with Gasteiger partial charge in [-0.15, -0.1) is 0 Å². The SMILES string of the molecule is [CH2]C(c1ncc[nH]1)[N+](=O)[O-]. The summed E-state index contributed by atoms with van der Waals surface area (Å²) in [5.41, 5.74) is 0. The Morgan fingerprint density at radius 1 is 1.90 bits per heavy atom. The molecule has 1 radical (unpaired) electrons. The number of aromatic amines is 1. The zero-order chi connectivity index (χ0) is 7.56. The van der Waals surface area contributed by atoms with E-state index >= 15 is 0 Å². The molecule has 5 nitrogen and oxygen atoms in total. The summed E-state index contributed by atoms with van der Waals surface area (Å²) in [7, 11) is 0. The van der Waals surface area contributed by atoms with E-state index in [0.717, 1.165) is 0 Å². The van der Waals surface area contributed by atoms with Gasteiger partial charge in [-0.05, 0) is 0 Å². The van der Waals surface area contributed by atoms with Crippen LogP contribution in [0.3, 0.4) is 0 Å². The number of imidazole rings is 1. The maximum absolute atomic E-state index is 10.1. The van der Waals surface area contributed by atoms with Crippen LogP contribution in [0.15, 0.2) is 12.4 Å². The van der Waals surface area contributed by atoms with Crippen LogP contribution < -0.4 is 0 Å². The Hall–Kier alpha value is -1.39. The summed E-state index contributed by atoms with van der Waals surface area (Å²) < 4.78 is 0. The van der Waals surface area contributed by atoms with Gasteiger partial charge in [0.1, 0.15) is 0 Å². The molecule has 0 fully saturated rings. The Balaban J connectivity index is 2.77. The van der Waals surface area contributed by atoms with Crippen LogP contribution in [0.5, 0.6) is 0 Å². The van der Waals surface area contributed by atoms with Crippen LogP contribution in [-0.4, -0.2) is 14.9 Å². The predicted octanol–water partition coefficient (Wildman–Crippen LogP) is 0.562. The number of nitro groups is 1. The third kappa shape index (κ3) is 1.12. The lowest BCUT2D eigenvalue weighted by Gasteiger charge is -1.96. The van der Waals surface area contributed by atoms with Crippen molar-refractivity contribution in [2.24, 2.45) is 0 Å². The average molecular weight is 140 g/mol. The van der Waals surface area contributed by atoms with Gasteiger partial charge in [-0.25, -0.2) is 4.98 Å². The standard InChI is InChI=1S/C5H6N3O2/c1-4(8(9)10)5-6-2-3-7-5/h2-4H,1H2,(H,6,7). The smallest absolute Gasteiger partial charge is 0.269 e. The van der Waals surface area contributed by atoms with Crippen LogP contribution in [0.2, 0.25) is 0 Å². The van der Waals surface area contributed by atoms with Crippen molar-refractivity contribution < 1.29 is 4.92 Å². The maximum Gasteiger partial charge on any atom is 0.269 e. The number of nitrogens with zero attached hydrogens (tertiary/aromatic N) is 2. The number of rotatable bonds is 2. The largest absolute Gasteiger partial charge is 0.343 e. The van der Waals surface area contributed by atoms with Gasteiger partial charge in [0.05, 0.1) is 0 Å². The molecule has 1 rings (SSSR count). The monoisotopic (exact) mass is 140 g/mol. The van der Waals surface area contributed by atoms with Crippen molar-refractivity contribution in [1.82, 2.24) is 9.97 Å². The van der Waals surface area contributed by atoms with E-state index in [4.69, 9.17) is 0 Å². The zero-order valence-corrected chi connectivity index (χ0v) is 5.15. The molecule has 0 aliphatic heterocycles. The Morgan fingerprint density at radius 3 is 3.00 bits per heavy atom. The number of hydrogen-bond acceptors (Lipinski definition) is 3. The fraction of sp³-hybridized carbons (Fsp3) is 0.200. The van der Waals surface area contributed by atoms with Crippen LogP contribution >= 0.6 is 0 Å². The maximum atomic E-state index is 10.1. The van der Waals surface area contributed by atoms with Gasteiger partial charge in [-0.3, -0.25) is 10.1 Å². The third-order valence-corrected chi connectivity index (χ3v) is 1.09. The second kappa shape index (κ2) is 2.47. The molecule has 1 atom stereocenters. The second-order valence-corrected chi connectivity index (χ2v) is 1.78. The van der Waals surface area contributed by atoms with Crippen molar-refractivity contribution in [3.63, 3.8) is 0 Å². The van der Waals surface area contributed by atoms with Crippen molar-refractivity contribution in [3.05, 3.63) is 35.3 Å². The quantitative estimate of drug-likeness (QED) is 0.482. The van der Waals surface area contributed by atoms with E-state index in [-0.39, 0.29) is 5.82 Å². The normalized spacial score (nSPS) is 12.9. The second-order valence-electron chi connectivity index (χ2n) is 1.78. The van der Waals surface area contributed by atoms with E-state index in [2.05, 4.69) is 16.9 Å².